The number of halogens is 2. The Labute approximate surface area is 139 Å². The summed E-state index contributed by atoms with van der Waals surface area (Å²) in [6.07, 6.45) is 1.77. The van der Waals surface area contributed by atoms with Gasteiger partial charge in [0, 0.05) is 6.61 Å². The summed E-state index contributed by atoms with van der Waals surface area (Å²) in [5, 5.41) is 10.8. The summed E-state index contributed by atoms with van der Waals surface area (Å²) >= 11 is 13.8. The van der Waals surface area contributed by atoms with Gasteiger partial charge in [0.2, 0.25) is 0 Å². The number of nitrogens with zero attached hydrogens (tertiary/aromatic N) is 2. The molecule has 0 amide bonds. The number of aliphatic hydroxyl groups is 1. The minimum atomic E-state index is 0.231. The van der Waals surface area contributed by atoms with Crippen LogP contribution in [0.15, 0.2) is 17.2 Å². The fourth-order valence-electron chi connectivity index (χ4n) is 1.91. The maximum atomic E-state index is 8.84. The Morgan fingerprint density at radius 2 is 1.71 bits per heavy atom. The lowest BCUT2D eigenvalue weighted by atomic mass is 10.1. The fourth-order valence-corrected chi connectivity index (χ4v) is 3.36. The maximum Gasteiger partial charge on any atom is 0.119 e. The molecule has 0 fully saturated rings. The Balaban J connectivity index is 2.37. The van der Waals surface area contributed by atoms with Crippen molar-refractivity contribution >= 4 is 46.0 Å². The van der Waals surface area contributed by atoms with Crippen LogP contribution in [-0.4, -0.2) is 27.4 Å². The van der Waals surface area contributed by atoms with E-state index in [1.165, 1.54) is 0 Å². The first kappa shape index (κ1) is 16.8. The van der Waals surface area contributed by atoms with E-state index >= 15 is 0 Å². The van der Waals surface area contributed by atoms with Crippen molar-refractivity contribution < 1.29 is 5.11 Å². The quantitative estimate of drug-likeness (QED) is 0.596. The second kappa shape index (κ2) is 7.63. The van der Waals surface area contributed by atoms with Gasteiger partial charge in [-0.2, -0.15) is 0 Å². The predicted molar refractivity (Wildman–Crippen MR) is 90.7 cm³/mol. The van der Waals surface area contributed by atoms with E-state index in [9.17, 15) is 0 Å². The molecule has 1 aromatic heterocycles. The molecule has 0 aliphatic heterocycles. The molecule has 0 atom stereocenters. The van der Waals surface area contributed by atoms with Crippen molar-refractivity contribution in [1.82, 2.24) is 9.97 Å². The minimum Gasteiger partial charge on any atom is -0.396 e. The molecule has 114 valence electrons. The van der Waals surface area contributed by atoms with E-state index in [0.717, 1.165) is 40.3 Å². The zero-order valence-corrected chi connectivity index (χ0v) is 14.4. The Morgan fingerprint density at radius 3 is 2.29 bits per heavy atom. The molecular weight excluding hydrogens is 327 g/mol. The normalized spacial score (nSPS) is 11.5. The monoisotopic (exact) mass is 344 g/mol. The molecule has 1 heterocycles. The van der Waals surface area contributed by atoms with Crippen molar-refractivity contribution in [3.63, 3.8) is 0 Å². The lowest BCUT2D eigenvalue weighted by molar-refractivity contribution is 0.287. The lowest BCUT2D eigenvalue weighted by Crippen LogP contribution is -2.01. The highest BCUT2D eigenvalue weighted by Gasteiger charge is 2.14. The van der Waals surface area contributed by atoms with Crippen LogP contribution in [-0.2, 0) is 0 Å². The Morgan fingerprint density at radius 1 is 1.10 bits per heavy atom. The molecule has 0 saturated heterocycles. The van der Waals surface area contributed by atoms with Crippen LogP contribution in [0.25, 0.3) is 11.0 Å². The van der Waals surface area contributed by atoms with E-state index in [-0.39, 0.29) is 12.5 Å². The van der Waals surface area contributed by atoms with Gasteiger partial charge in [-0.15, -0.1) is 11.8 Å². The van der Waals surface area contributed by atoms with Gasteiger partial charge in [-0.1, -0.05) is 37.0 Å². The first-order chi connectivity index (χ1) is 10.0. The van der Waals surface area contributed by atoms with Gasteiger partial charge in [0.15, 0.2) is 0 Å². The molecule has 3 nitrogen and oxygen atoms in total. The summed E-state index contributed by atoms with van der Waals surface area (Å²) in [7, 11) is 0. The SMILES string of the molecule is CC(C)c1nc2cc(Cl)c(Cl)cc2nc1SCCCCO. The molecule has 0 aliphatic rings. The Bertz CT molecular complexity index is 635. The van der Waals surface area contributed by atoms with Crippen molar-refractivity contribution in [3.05, 3.63) is 27.9 Å². The zero-order valence-electron chi connectivity index (χ0n) is 12.1. The molecule has 2 aromatic rings. The summed E-state index contributed by atoms with van der Waals surface area (Å²) in [4.78, 5) is 9.39. The average molecular weight is 345 g/mol. The number of fused-ring (bicyclic) bond motifs is 1. The van der Waals surface area contributed by atoms with E-state index in [2.05, 4.69) is 13.8 Å². The fraction of sp³-hybridized carbons (Fsp3) is 0.467. The molecule has 1 aromatic carbocycles. The maximum absolute atomic E-state index is 8.84. The predicted octanol–water partition coefficient (Wildman–Crippen LogP) is 4.92. The number of thioether (sulfide) groups is 1. The van der Waals surface area contributed by atoms with Crippen LogP contribution in [0.2, 0.25) is 10.0 Å². The first-order valence-electron chi connectivity index (χ1n) is 6.93. The highest BCUT2D eigenvalue weighted by atomic mass is 35.5. The molecule has 0 saturated carbocycles. The molecule has 21 heavy (non-hydrogen) atoms. The lowest BCUT2D eigenvalue weighted by Gasteiger charge is -2.12. The highest BCUT2D eigenvalue weighted by molar-refractivity contribution is 7.99. The van der Waals surface area contributed by atoms with E-state index in [0.29, 0.717) is 10.0 Å². The summed E-state index contributed by atoms with van der Waals surface area (Å²) < 4.78 is 0. The summed E-state index contributed by atoms with van der Waals surface area (Å²) in [6.45, 7) is 4.44. The van der Waals surface area contributed by atoms with Crippen LogP contribution < -0.4 is 0 Å². The molecule has 0 bridgehead atoms. The van der Waals surface area contributed by atoms with Gasteiger partial charge in [0.25, 0.3) is 0 Å². The second-order valence-corrected chi connectivity index (χ2v) is 7.00. The van der Waals surface area contributed by atoms with Crippen LogP contribution in [0.5, 0.6) is 0 Å². The van der Waals surface area contributed by atoms with Crippen molar-refractivity contribution in [1.29, 1.82) is 0 Å². The molecule has 0 aliphatic carbocycles. The number of unbranched alkanes of at least 4 members (excludes halogenated alkanes) is 1. The van der Waals surface area contributed by atoms with Gasteiger partial charge < -0.3 is 5.11 Å². The van der Waals surface area contributed by atoms with Crippen LogP contribution in [0.4, 0.5) is 0 Å². The summed E-state index contributed by atoms with van der Waals surface area (Å²) in [5.41, 5.74) is 2.51. The van der Waals surface area contributed by atoms with Gasteiger partial charge in [-0.3, -0.25) is 0 Å². The highest BCUT2D eigenvalue weighted by Crippen LogP contribution is 2.31. The third-order valence-corrected chi connectivity index (χ3v) is 4.83. The topological polar surface area (TPSA) is 46.0 Å². The van der Waals surface area contributed by atoms with E-state index in [1.807, 2.05) is 0 Å². The minimum absolute atomic E-state index is 0.231. The standard InChI is InChI=1S/C15H18Cl2N2OS/c1-9(2)14-15(21-6-4-3-5-20)19-13-8-11(17)10(16)7-12(13)18-14/h7-9,20H,3-6H2,1-2H3. The van der Waals surface area contributed by atoms with Crippen molar-refractivity contribution in [2.45, 2.75) is 37.6 Å². The van der Waals surface area contributed by atoms with E-state index < -0.39 is 0 Å². The third-order valence-electron chi connectivity index (χ3n) is 3.04. The van der Waals surface area contributed by atoms with Crippen LogP contribution in [0.1, 0.15) is 38.3 Å². The molecule has 0 unspecified atom stereocenters. The number of rotatable bonds is 6. The zero-order chi connectivity index (χ0) is 15.4. The van der Waals surface area contributed by atoms with Crippen LogP contribution in [0.3, 0.4) is 0 Å². The van der Waals surface area contributed by atoms with Crippen LogP contribution >= 0.6 is 35.0 Å². The number of benzene rings is 1. The van der Waals surface area contributed by atoms with Gasteiger partial charge in [0.1, 0.15) is 5.03 Å². The average Bonchev–Trinajstić information content (AvgIpc) is 2.44. The van der Waals surface area contributed by atoms with Gasteiger partial charge in [-0.05, 0) is 36.6 Å². The molecule has 0 radical (unpaired) electrons. The number of aliphatic hydroxyl groups excluding tert-OH is 1. The van der Waals surface area contributed by atoms with Crippen molar-refractivity contribution in [2.24, 2.45) is 0 Å². The molecule has 6 heteroatoms. The Hall–Kier alpha value is -0.550. The summed E-state index contributed by atoms with van der Waals surface area (Å²) in [5.74, 6) is 1.21. The molecule has 1 N–H and O–H groups in total. The van der Waals surface area contributed by atoms with Crippen molar-refractivity contribution in [2.75, 3.05) is 12.4 Å². The number of hydrogen-bond acceptors (Lipinski definition) is 4. The number of hydrogen-bond donors (Lipinski definition) is 1. The number of aromatic nitrogens is 2. The van der Waals surface area contributed by atoms with Gasteiger partial charge >= 0.3 is 0 Å². The molecule has 2 rings (SSSR count). The summed E-state index contributed by atoms with van der Waals surface area (Å²) in [6, 6.07) is 3.52. The van der Waals surface area contributed by atoms with Crippen molar-refractivity contribution in [3.8, 4) is 0 Å². The molecular formula is C15H18Cl2N2OS. The van der Waals surface area contributed by atoms with Gasteiger partial charge in [0.05, 0.1) is 26.8 Å². The smallest absolute Gasteiger partial charge is 0.119 e. The second-order valence-electron chi connectivity index (χ2n) is 5.10. The van der Waals surface area contributed by atoms with Crippen LogP contribution in [0, 0.1) is 0 Å². The largest absolute Gasteiger partial charge is 0.396 e. The van der Waals surface area contributed by atoms with E-state index in [4.69, 9.17) is 38.3 Å². The third kappa shape index (κ3) is 4.22. The van der Waals surface area contributed by atoms with E-state index in [1.54, 1.807) is 23.9 Å². The Kier molecular flexibility index (Phi) is 6.11. The van der Waals surface area contributed by atoms with Gasteiger partial charge in [-0.25, -0.2) is 9.97 Å². The molecule has 0 spiro atoms. The first-order valence-corrected chi connectivity index (χ1v) is 8.67.